The lowest BCUT2D eigenvalue weighted by atomic mass is 10.1. The summed E-state index contributed by atoms with van der Waals surface area (Å²) in [4.78, 5) is 25.5. The summed E-state index contributed by atoms with van der Waals surface area (Å²) in [6.07, 6.45) is 0.260. The fourth-order valence-corrected chi connectivity index (χ4v) is 2.44. The normalized spacial score (nSPS) is 20.4. The molecule has 1 amide bonds. The zero-order chi connectivity index (χ0) is 13.8. The van der Waals surface area contributed by atoms with Crippen LogP contribution in [0.4, 0.5) is 0 Å². The molecule has 0 unspecified atom stereocenters. The lowest BCUT2D eigenvalue weighted by Crippen LogP contribution is -2.29. The summed E-state index contributed by atoms with van der Waals surface area (Å²) < 4.78 is 4.99. The largest absolute Gasteiger partial charge is 0.466 e. The number of carbonyl (C=O) groups excluding carboxylic acids is 2. The molecule has 1 aromatic rings. The number of carbonyl (C=O) groups is 2. The highest BCUT2D eigenvalue weighted by molar-refractivity contribution is 5.87. The standard InChI is InChI=1S/C15H19NO3/c1-3-19-15(18)13-9-14(17)16(10-13)11(2)12-7-5-4-6-8-12/h4-8,11,13H,3,9-10H2,1-2H3/t11-,13-/m0/s1. The lowest BCUT2D eigenvalue weighted by molar-refractivity contribution is -0.147. The van der Waals surface area contributed by atoms with Crippen LogP contribution in [0.25, 0.3) is 0 Å². The molecule has 1 heterocycles. The number of rotatable bonds is 4. The maximum atomic E-state index is 12.0. The van der Waals surface area contributed by atoms with Crippen LogP contribution in [0.5, 0.6) is 0 Å². The number of benzene rings is 1. The lowest BCUT2D eigenvalue weighted by Gasteiger charge is -2.25. The summed E-state index contributed by atoms with van der Waals surface area (Å²) in [5, 5.41) is 0. The molecule has 2 rings (SSSR count). The van der Waals surface area contributed by atoms with Crippen LogP contribution in [0.3, 0.4) is 0 Å². The smallest absolute Gasteiger partial charge is 0.311 e. The molecule has 0 N–H and O–H groups in total. The number of nitrogens with zero attached hydrogens (tertiary/aromatic N) is 1. The Morgan fingerprint density at radius 3 is 2.74 bits per heavy atom. The molecule has 1 saturated heterocycles. The van der Waals surface area contributed by atoms with E-state index >= 15 is 0 Å². The molecule has 2 atom stereocenters. The second kappa shape index (κ2) is 5.87. The van der Waals surface area contributed by atoms with Gasteiger partial charge in [-0.3, -0.25) is 9.59 Å². The SMILES string of the molecule is CCOC(=O)[C@H]1CC(=O)N([C@@H](C)c2ccccc2)C1. The Morgan fingerprint density at radius 1 is 1.42 bits per heavy atom. The van der Waals surface area contributed by atoms with Gasteiger partial charge < -0.3 is 9.64 Å². The summed E-state index contributed by atoms with van der Waals surface area (Å²) in [6, 6.07) is 9.84. The summed E-state index contributed by atoms with van der Waals surface area (Å²) in [7, 11) is 0. The number of amides is 1. The van der Waals surface area contributed by atoms with Crippen molar-refractivity contribution < 1.29 is 14.3 Å². The monoisotopic (exact) mass is 261 g/mol. The van der Waals surface area contributed by atoms with Crippen molar-refractivity contribution in [1.29, 1.82) is 0 Å². The number of hydrogen-bond acceptors (Lipinski definition) is 3. The van der Waals surface area contributed by atoms with Gasteiger partial charge in [-0.05, 0) is 19.4 Å². The first-order valence-electron chi connectivity index (χ1n) is 6.64. The van der Waals surface area contributed by atoms with Crippen LogP contribution in [-0.2, 0) is 14.3 Å². The van der Waals surface area contributed by atoms with E-state index in [1.54, 1.807) is 11.8 Å². The summed E-state index contributed by atoms with van der Waals surface area (Å²) >= 11 is 0. The van der Waals surface area contributed by atoms with Gasteiger partial charge in [-0.15, -0.1) is 0 Å². The van der Waals surface area contributed by atoms with Crippen LogP contribution in [-0.4, -0.2) is 29.9 Å². The van der Waals surface area contributed by atoms with Gasteiger partial charge in [0.25, 0.3) is 0 Å². The third-order valence-corrected chi connectivity index (χ3v) is 3.53. The van der Waals surface area contributed by atoms with Crippen LogP contribution in [0.1, 0.15) is 31.9 Å². The number of ether oxygens (including phenoxy) is 1. The molecule has 0 saturated carbocycles. The number of likely N-dealkylation sites (tertiary alicyclic amines) is 1. The average molecular weight is 261 g/mol. The minimum atomic E-state index is -0.321. The Labute approximate surface area is 113 Å². The van der Waals surface area contributed by atoms with Crippen molar-refractivity contribution in [3.05, 3.63) is 35.9 Å². The van der Waals surface area contributed by atoms with Crippen LogP contribution in [0.15, 0.2) is 30.3 Å². The van der Waals surface area contributed by atoms with Gasteiger partial charge in [0.05, 0.1) is 18.6 Å². The second-order valence-electron chi connectivity index (χ2n) is 4.79. The van der Waals surface area contributed by atoms with Crippen molar-refractivity contribution in [3.8, 4) is 0 Å². The molecule has 0 spiro atoms. The van der Waals surface area contributed by atoms with Crippen molar-refractivity contribution >= 4 is 11.9 Å². The van der Waals surface area contributed by atoms with E-state index in [2.05, 4.69) is 0 Å². The summed E-state index contributed by atoms with van der Waals surface area (Å²) in [5.41, 5.74) is 1.08. The van der Waals surface area contributed by atoms with Gasteiger partial charge in [0.1, 0.15) is 0 Å². The fraction of sp³-hybridized carbons (Fsp3) is 0.467. The van der Waals surface area contributed by atoms with Gasteiger partial charge in [-0.25, -0.2) is 0 Å². The van der Waals surface area contributed by atoms with Crippen LogP contribution >= 0.6 is 0 Å². The third-order valence-electron chi connectivity index (χ3n) is 3.53. The molecule has 1 aromatic carbocycles. The van der Waals surface area contributed by atoms with E-state index in [4.69, 9.17) is 4.74 Å². The minimum absolute atomic E-state index is 0.00636. The Bertz CT molecular complexity index is 458. The molecule has 1 aliphatic heterocycles. The Hall–Kier alpha value is -1.84. The van der Waals surface area contributed by atoms with E-state index in [0.717, 1.165) is 5.56 Å². The molecule has 0 aliphatic carbocycles. The molecule has 102 valence electrons. The van der Waals surface area contributed by atoms with Crippen molar-refractivity contribution in [2.24, 2.45) is 5.92 Å². The van der Waals surface area contributed by atoms with E-state index < -0.39 is 0 Å². The van der Waals surface area contributed by atoms with Crippen LogP contribution in [0, 0.1) is 5.92 Å². The molecule has 19 heavy (non-hydrogen) atoms. The third kappa shape index (κ3) is 2.95. The molecule has 1 fully saturated rings. The maximum Gasteiger partial charge on any atom is 0.311 e. The van der Waals surface area contributed by atoms with Crippen molar-refractivity contribution in [1.82, 2.24) is 4.90 Å². The van der Waals surface area contributed by atoms with Gasteiger partial charge >= 0.3 is 5.97 Å². The molecular formula is C15H19NO3. The first-order valence-corrected chi connectivity index (χ1v) is 6.64. The quantitative estimate of drug-likeness (QED) is 0.780. The van der Waals surface area contributed by atoms with Crippen molar-refractivity contribution in [3.63, 3.8) is 0 Å². The van der Waals surface area contributed by atoms with Gasteiger partial charge in [0, 0.05) is 13.0 Å². The molecule has 1 aliphatic rings. The molecule has 4 heteroatoms. The molecular weight excluding hydrogens is 242 g/mol. The first kappa shape index (κ1) is 13.6. The Kier molecular flexibility index (Phi) is 4.20. The van der Waals surface area contributed by atoms with E-state index in [1.165, 1.54) is 0 Å². The van der Waals surface area contributed by atoms with Gasteiger partial charge in [0.2, 0.25) is 5.91 Å². The molecule has 0 bridgehead atoms. The summed E-state index contributed by atoms with van der Waals surface area (Å²) in [5.74, 6) is -0.563. The van der Waals surface area contributed by atoms with Crippen molar-refractivity contribution in [2.45, 2.75) is 26.3 Å². The Balaban J connectivity index is 2.06. The fourth-order valence-electron chi connectivity index (χ4n) is 2.44. The van der Waals surface area contributed by atoms with Crippen molar-refractivity contribution in [2.75, 3.05) is 13.2 Å². The number of hydrogen-bond donors (Lipinski definition) is 0. The highest BCUT2D eigenvalue weighted by Crippen LogP contribution is 2.28. The maximum absolute atomic E-state index is 12.0. The highest BCUT2D eigenvalue weighted by Gasteiger charge is 2.37. The van der Waals surface area contributed by atoms with E-state index in [0.29, 0.717) is 13.2 Å². The van der Waals surface area contributed by atoms with E-state index in [1.807, 2.05) is 37.3 Å². The van der Waals surface area contributed by atoms with E-state index in [-0.39, 0.29) is 30.3 Å². The zero-order valence-electron chi connectivity index (χ0n) is 11.3. The Morgan fingerprint density at radius 2 is 2.11 bits per heavy atom. The number of esters is 1. The first-order chi connectivity index (χ1) is 9.13. The van der Waals surface area contributed by atoms with Crippen LogP contribution in [0.2, 0.25) is 0 Å². The predicted octanol–water partition coefficient (Wildman–Crippen LogP) is 2.16. The van der Waals surface area contributed by atoms with E-state index in [9.17, 15) is 9.59 Å². The van der Waals surface area contributed by atoms with Gasteiger partial charge in [-0.2, -0.15) is 0 Å². The topological polar surface area (TPSA) is 46.6 Å². The van der Waals surface area contributed by atoms with Gasteiger partial charge in [-0.1, -0.05) is 30.3 Å². The average Bonchev–Trinajstić information content (AvgIpc) is 2.81. The molecule has 4 nitrogen and oxygen atoms in total. The zero-order valence-corrected chi connectivity index (χ0v) is 11.3. The minimum Gasteiger partial charge on any atom is -0.466 e. The molecule has 0 aromatic heterocycles. The van der Waals surface area contributed by atoms with Crippen LogP contribution < -0.4 is 0 Å². The molecule has 0 radical (unpaired) electrons. The second-order valence-corrected chi connectivity index (χ2v) is 4.79. The summed E-state index contributed by atoms with van der Waals surface area (Å²) in [6.45, 7) is 4.57. The predicted molar refractivity (Wildman–Crippen MR) is 71.3 cm³/mol. The van der Waals surface area contributed by atoms with Gasteiger partial charge in [0.15, 0.2) is 0 Å². The highest BCUT2D eigenvalue weighted by atomic mass is 16.5.